The summed E-state index contributed by atoms with van der Waals surface area (Å²) in [6.07, 6.45) is 11.0. The first-order chi connectivity index (χ1) is 10.3. The number of carbonyl (C=O) groups excluding carboxylic acids is 1. The van der Waals surface area contributed by atoms with Crippen LogP contribution in [-0.4, -0.2) is 54.0 Å². The van der Waals surface area contributed by atoms with Crippen LogP contribution in [-0.2, 0) is 4.79 Å². The normalized spacial score (nSPS) is 35.7. The highest BCUT2D eigenvalue weighted by atomic mass is 16.2. The standard InChI is InChI=1S/C17H31N3O/c18-16-9-5-8-15(16)17(21)20-12-6-7-14(13-20)19-10-3-1-2-4-11-19/h14-16H,1-13,18H2/t14-,15+,16+/m0/s1. The van der Waals surface area contributed by atoms with Crippen molar-refractivity contribution >= 4 is 5.91 Å². The third-order valence-electron chi connectivity index (χ3n) is 5.75. The fourth-order valence-corrected chi connectivity index (χ4v) is 4.44. The molecule has 0 unspecified atom stereocenters. The Kier molecular flexibility index (Phi) is 5.17. The van der Waals surface area contributed by atoms with Gasteiger partial charge in [0.25, 0.3) is 0 Å². The van der Waals surface area contributed by atoms with E-state index in [2.05, 4.69) is 9.80 Å². The molecule has 4 nitrogen and oxygen atoms in total. The molecule has 0 radical (unpaired) electrons. The summed E-state index contributed by atoms with van der Waals surface area (Å²) in [5, 5.41) is 0. The molecule has 3 rings (SSSR count). The van der Waals surface area contributed by atoms with Crippen LogP contribution in [0, 0.1) is 5.92 Å². The average molecular weight is 293 g/mol. The maximum Gasteiger partial charge on any atom is 0.227 e. The minimum absolute atomic E-state index is 0.105. The van der Waals surface area contributed by atoms with Gasteiger partial charge in [-0.25, -0.2) is 0 Å². The summed E-state index contributed by atoms with van der Waals surface area (Å²) < 4.78 is 0. The lowest BCUT2D eigenvalue weighted by Gasteiger charge is -2.40. The summed E-state index contributed by atoms with van der Waals surface area (Å²) in [7, 11) is 0. The van der Waals surface area contributed by atoms with Crippen LogP contribution in [0.1, 0.15) is 57.8 Å². The molecule has 3 fully saturated rings. The zero-order valence-corrected chi connectivity index (χ0v) is 13.3. The van der Waals surface area contributed by atoms with Crippen molar-refractivity contribution in [3.63, 3.8) is 0 Å². The maximum absolute atomic E-state index is 12.7. The van der Waals surface area contributed by atoms with Crippen LogP contribution in [0.3, 0.4) is 0 Å². The maximum atomic E-state index is 12.7. The Hall–Kier alpha value is -0.610. The number of likely N-dealkylation sites (tertiary alicyclic amines) is 2. The molecule has 3 aliphatic rings. The largest absolute Gasteiger partial charge is 0.341 e. The number of hydrogen-bond acceptors (Lipinski definition) is 3. The lowest BCUT2D eigenvalue weighted by molar-refractivity contribution is -0.137. The van der Waals surface area contributed by atoms with Crippen LogP contribution in [0.25, 0.3) is 0 Å². The first kappa shape index (κ1) is 15.3. The number of piperidine rings is 1. The molecule has 0 aromatic carbocycles. The Morgan fingerprint density at radius 1 is 0.857 bits per heavy atom. The van der Waals surface area contributed by atoms with E-state index in [0.717, 1.165) is 38.8 Å². The molecule has 2 aliphatic heterocycles. The van der Waals surface area contributed by atoms with Gasteiger partial charge in [0.1, 0.15) is 0 Å². The highest BCUT2D eigenvalue weighted by molar-refractivity contribution is 5.80. The minimum atomic E-state index is 0.105. The number of amides is 1. The van der Waals surface area contributed by atoms with Gasteiger partial charge in [0, 0.05) is 25.2 Å². The van der Waals surface area contributed by atoms with E-state index in [-0.39, 0.29) is 12.0 Å². The van der Waals surface area contributed by atoms with Crippen molar-refractivity contribution < 1.29 is 4.79 Å². The van der Waals surface area contributed by atoms with E-state index in [4.69, 9.17) is 5.73 Å². The van der Waals surface area contributed by atoms with Crippen LogP contribution >= 0.6 is 0 Å². The monoisotopic (exact) mass is 293 g/mol. The lowest BCUT2D eigenvalue weighted by Crippen LogP contribution is -2.52. The van der Waals surface area contributed by atoms with Gasteiger partial charge in [-0.2, -0.15) is 0 Å². The molecule has 2 heterocycles. The van der Waals surface area contributed by atoms with Gasteiger partial charge in [0.15, 0.2) is 0 Å². The summed E-state index contributed by atoms with van der Waals surface area (Å²) in [6.45, 7) is 4.36. The topological polar surface area (TPSA) is 49.6 Å². The molecule has 2 saturated heterocycles. The van der Waals surface area contributed by atoms with E-state index in [9.17, 15) is 4.79 Å². The van der Waals surface area contributed by atoms with Gasteiger partial charge in [0.05, 0.1) is 5.92 Å². The second kappa shape index (κ2) is 7.10. The quantitative estimate of drug-likeness (QED) is 0.847. The van der Waals surface area contributed by atoms with Crippen molar-refractivity contribution in [1.29, 1.82) is 0 Å². The van der Waals surface area contributed by atoms with E-state index in [1.54, 1.807) is 0 Å². The highest BCUT2D eigenvalue weighted by Crippen LogP contribution is 2.28. The molecule has 3 atom stereocenters. The van der Waals surface area contributed by atoms with Gasteiger partial charge in [0.2, 0.25) is 5.91 Å². The Balaban J connectivity index is 1.58. The zero-order chi connectivity index (χ0) is 14.7. The first-order valence-corrected chi connectivity index (χ1v) is 9.04. The summed E-state index contributed by atoms with van der Waals surface area (Å²) in [6, 6.07) is 0.703. The molecule has 1 amide bonds. The molecule has 120 valence electrons. The minimum Gasteiger partial charge on any atom is -0.341 e. The van der Waals surface area contributed by atoms with Gasteiger partial charge in [-0.15, -0.1) is 0 Å². The van der Waals surface area contributed by atoms with E-state index in [1.165, 1.54) is 45.2 Å². The number of hydrogen-bond donors (Lipinski definition) is 1. The molecule has 1 aliphatic carbocycles. The third-order valence-corrected chi connectivity index (χ3v) is 5.75. The molecule has 0 aromatic rings. The van der Waals surface area contributed by atoms with Crippen molar-refractivity contribution in [2.75, 3.05) is 26.2 Å². The molecule has 2 N–H and O–H groups in total. The Morgan fingerprint density at radius 2 is 1.62 bits per heavy atom. The van der Waals surface area contributed by atoms with Gasteiger partial charge in [-0.05, 0) is 51.6 Å². The summed E-state index contributed by atoms with van der Waals surface area (Å²) in [5.41, 5.74) is 6.13. The lowest BCUT2D eigenvalue weighted by atomic mass is 9.98. The molecular formula is C17H31N3O. The molecule has 4 heteroatoms. The molecule has 1 saturated carbocycles. The van der Waals surface area contributed by atoms with Crippen molar-refractivity contribution in [3.8, 4) is 0 Å². The van der Waals surface area contributed by atoms with Crippen LogP contribution in [0.5, 0.6) is 0 Å². The van der Waals surface area contributed by atoms with Crippen molar-refractivity contribution in [1.82, 2.24) is 9.80 Å². The number of rotatable bonds is 2. The van der Waals surface area contributed by atoms with Crippen LogP contribution in [0.4, 0.5) is 0 Å². The van der Waals surface area contributed by atoms with Gasteiger partial charge < -0.3 is 10.6 Å². The van der Waals surface area contributed by atoms with E-state index < -0.39 is 0 Å². The summed E-state index contributed by atoms with van der Waals surface area (Å²) in [4.78, 5) is 17.5. The summed E-state index contributed by atoms with van der Waals surface area (Å²) in [5.74, 6) is 0.451. The summed E-state index contributed by atoms with van der Waals surface area (Å²) >= 11 is 0. The Labute approximate surface area is 129 Å². The average Bonchev–Trinajstić information content (AvgIpc) is 2.78. The number of carbonyl (C=O) groups is 1. The highest BCUT2D eigenvalue weighted by Gasteiger charge is 2.36. The second-order valence-corrected chi connectivity index (χ2v) is 7.23. The van der Waals surface area contributed by atoms with E-state index in [1.807, 2.05) is 0 Å². The van der Waals surface area contributed by atoms with Gasteiger partial charge >= 0.3 is 0 Å². The second-order valence-electron chi connectivity index (χ2n) is 7.23. The Morgan fingerprint density at radius 3 is 2.29 bits per heavy atom. The molecule has 0 spiro atoms. The fraction of sp³-hybridized carbons (Fsp3) is 0.941. The third kappa shape index (κ3) is 3.59. The van der Waals surface area contributed by atoms with E-state index >= 15 is 0 Å². The van der Waals surface area contributed by atoms with Gasteiger partial charge in [-0.3, -0.25) is 9.69 Å². The van der Waals surface area contributed by atoms with Crippen LogP contribution in [0.2, 0.25) is 0 Å². The SMILES string of the molecule is N[C@@H]1CCC[C@H]1C(=O)N1CCC[C@H](N2CCCCCC2)C1. The van der Waals surface area contributed by atoms with Gasteiger partial charge in [-0.1, -0.05) is 19.3 Å². The van der Waals surface area contributed by atoms with Crippen molar-refractivity contribution in [2.45, 2.75) is 69.9 Å². The predicted octanol–water partition coefficient (Wildman–Crippen LogP) is 1.98. The molecule has 21 heavy (non-hydrogen) atoms. The predicted molar refractivity (Wildman–Crippen MR) is 85.0 cm³/mol. The number of nitrogens with two attached hydrogens (primary N) is 1. The Bertz CT molecular complexity index is 352. The zero-order valence-electron chi connectivity index (χ0n) is 13.3. The molecular weight excluding hydrogens is 262 g/mol. The van der Waals surface area contributed by atoms with E-state index in [0.29, 0.717) is 11.9 Å². The molecule has 0 bridgehead atoms. The van der Waals surface area contributed by atoms with Crippen molar-refractivity contribution in [2.24, 2.45) is 11.7 Å². The fourth-order valence-electron chi connectivity index (χ4n) is 4.44. The smallest absolute Gasteiger partial charge is 0.227 e. The van der Waals surface area contributed by atoms with Crippen LogP contribution in [0.15, 0.2) is 0 Å². The van der Waals surface area contributed by atoms with Crippen LogP contribution < -0.4 is 5.73 Å². The molecule has 0 aromatic heterocycles. The number of nitrogens with zero attached hydrogens (tertiary/aromatic N) is 2. The van der Waals surface area contributed by atoms with Crippen molar-refractivity contribution in [3.05, 3.63) is 0 Å². The first-order valence-electron chi connectivity index (χ1n) is 9.04.